The second-order valence-electron chi connectivity index (χ2n) is 8.85. The molecule has 200 valence electrons. The van der Waals surface area contributed by atoms with Gasteiger partial charge in [-0.3, -0.25) is 24.2 Å². The molecule has 5 rings (SSSR count). The third-order valence-corrected chi connectivity index (χ3v) is 7.24. The van der Waals surface area contributed by atoms with Crippen LogP contribution in [0.4, 0.5) is 24.0 Å². The van der Waals surface area contributed by atoms with Crippen LogP contribution in [0.25, 0.3) is 0 Å². The summed E-state index contributed by atoms with van der Waals surface area (Å²) in [6.07, 6.45) is 2.84. The number of carbonyl (C=O) groups is 3. The number of nitrogens with one attached hydrogen (secondary N) is 1. The molecular formula is C26H24ClF3N4O3S. The summed E-state index contributed by atoms with van der Waals surface area (Å²) in [5, 5.41) is 5.48. The minimum atomic E-state index is -2.80. The summed E-state index contributed by atoms with van der Waals surface area (Å²) >= 11 is 7.71. The van der Waals surface area contributed by atoms with Crippen LogP contribution in [0.2, 0.25) is 5.02 Å². The van der Waals surface area contributed by atoms with Gasteiger partial charge in [0, 0.05) is 59.7 Å². The van der Waals surface area contributed by atoms with Crippen LogP contribution >= 0.6 is 22.9 Å². The monoisotopic (exact) mass is 564 g/mol. The molecule has 2 fully saturated rings. The van der Waals surface area contributed by atoms with Crippen molar-refractivity contribution >= 4 is 52.0 Å². The summed E-state index contributed by atoms with van der Waals surface area (Å²) < 4.78 is 39.8. The first-order valence-corrected chi connectivity index (χ1v) is 13.1. The third kappa shape index (κ3) is 6.51. The van der Waals surface area contributed by atoms with Crippen LogP contribution in [-0.4, -0.2) is 41.7 Å². The highest BCUT2D eigenvalue weighted by molar-refractivity contribution is 7.13. The molecule has 38 heavy (non-hydrogen) atoms. The van der Waals surface area contributed by atoms with E-state index in [2.05, 4.69) is 10.3 Å². The molecule has 3 amide bonds. The first-order valence-electron chi connectivity index (χ1n) is 11.8. The Hall–Kier alpha value is -3.44. The van der Waals surface area contributed by atoms with Gasteiger partial charge in [0.25, 0.3) is 5.92 Å². The molecule has 1 aliphatic heterocycles. The van der Waals surface area contributed by atoms with E-state index in [1.807, 2.05) is 5.38 Å². The van der Waals surface area contributed by atoms with Gasteiger partial charge in [-0.05, 0) is 30.7 Å². The Bertz CT molecular complexity index is 1290. The topological polar surface area (TPSA) is 82.6 Å². The molecule has 0 bridgehead atoms. The quantitative estimate of drug-likeness (QED) is 0.391. The number of halogens is 4. The van der Waals surface area contributed by atoms with Crippen molar-refractivity contribution in [3.63, 3.8) is 0 Å². The molecule has 2 heterocycles. The summed E-state index contributed by atoms with van der Waals surface area (Å²) in [6, 6.07) is 9.62. The van der Waals surface area contributed by atoms with Crippen LogP contribution in [0.15, 0.2) is 60.1 Å². The Morgan fingerprint density at radius 3 is 2.58 bits per heavy atom. The molecule has 2 aromatic carbocycles. The van der Waals surface area contributed by atoms with Gasteiger partial charge in [0.2, 0.25) is 18.2 Å². The Morgan fingerprint density at radius 1 is 1.24 bits per heavy atom. The summed E-state index contributed by atoms with van der Waals surface area (Å²) in [5.74, 6) is -3.85. The van der Waals surface area contributed by atoms with E-state index in [-0.39, 0.29) is 16.6 Å². The van der Waals surface area contributed by atoms with Crippen molar-refractivity contribution < 1.29 is 27.6 Å². The number of aromatic nitrogens is 1. The molecule has 1 unspecified atom stereocenters. The zero-order valence-electron chi connectivity index (χ0n) is 20.0. The lowest BCUT2D eigenvalue weighted by atomic mass is 9.87. The molecule has 12 heteroatoms. The number of benzene rings is 2. The minimum absolute atomic E-state index is 0.143. The highest BCUT2D eigenvalue weighted by atomic mass is 35.5. The van der Waals surface area contributed by atoms with Crippen molar-refractivity contribution in [2.24, 2.45) is 0 Å². The molecule has 3 aromatic rings. The average Bonchev–Trinajstić information content (AvgIpc) is 3.54. The summed E-state index contributed by atoms with van der Waals surface area (Å²) in [7, 11) is 0. The lowest BCUT2D eigenvalue weighted by Crippen LogP contribution is -2.53. The predicted molar refractivity (Wildman–Crippen MR) is 139 cm³/mol. The van der Waals surface area contributed by atoms with Gasteiger partial charge >= 0.3 is 0 Å². The number of alkyl halides is 2. The Balaban J connectivity index is 0.000000253. The largest absolute Gasteiger partial charge is 0.351 e. The van der Waals surface area contributed by atoms with E-state index in [0.29, 0.717) is 18.4 Å². The van der Waals surface area contributed by atoms with E-state index in [4.69, 9.17) is 11.6 Å². The van der Waals surface area contributed by atoms with E-state index in [9.17, 15) is 27.6 Å². The van der Waals surface area contributed by atoms with Gasteiger partial charge in [-0.2, -0.15) is 0 Å². The number of carbonyl (C=O) groups excluding carboxylic acids is 3. The van der Waals surface area contributed by atoms with Crippen molar-refractivity contribution in [1.29, 1.82) is 0 Å². The first-order chi connectivity index (χ1) is 18.2. The first kappa shape index (κ1) is 27.6. The normalized spacial score (nSPS) is 17.2. The molecule has 1 aliphatic carbocycles. The molecule has 2 aliphatic rings. The lowest BCUT2D eigenvalue weighted by molar-refractivity contribution is -0.131. The Labute approximate surface area is 226 Å². The summed E-state index contributed by atoms with van der Waals surface area (Å²) in [5.41, 5.74) is 0.447. The molecule has 7 nitrogen and oxygen atoms in total. The van der Waals surface area contributed by atoms with Gasteiger partial charge < -0.3 is 5.32 Å². The lowest BCUT2D eigenvalue weighted by Gasteiger charge is -2.37. The Morgan fingerprint density at radius 2 is 2.00 bits per heavy atom. The molecular weight excluding hydrogens is 541 g/mol. The zero-order valence-corrected chi connectivity index (χ0v) is 21.6. The van der Waals surface area contributed by atoms with Gasteiger partial charge in [-0.15, -0.1) is 11.3 Å². The van der Waals surface area contributed by atoms with Crippen LogP contribution in [0.1, 0.15) is 37.3 Å². The van der Waals surface area contributed by atoms with Gasteiger partial charge in [0.15, 0.2) is 5.13 Å². The van der Waals surface area contributed by atoms with Crippen LogP contribution in [-0.2, 0) is 14.4 Å². The molecule has 1 N–H and O–H groups in total. The predicted octanol–water partition coefficient (Wildman–Crippen LogP) is 5.37. The van der Waals surface area contributed by atoms with Crippen molar-refractivity contribution in [2.45, 2.75) is 43.7 Å². The summed E-state index contributed by atoms with van der Waals surface area (Å²) in [4.78, 5) is 42.7. The fraction of sp³-hybridized carbons (Fsp3) is 0.308. The van der Waals surface area contributed by atoms with Gasteiger partial charge in [-0.1, -0.05) is 35.9 Å². The second kappa shape index (κ2) is 12.0. The standard InChI is InChI=1S/C19H16ClF3N2O2.C7H8N2OS/c20-16-7-2-1-6-15(16)17(18(27)24-13-9-19(22,23)10-13)25(11-26)14-5-3-4-12(21)8-14;10-6-2-1-4-9(6)7-8-3-5-11-7/h1-8,11,13,17H,9-10H2,(H,24,27);3,5H,1-2,4H2. The third-order valence-electron chi connectivity index (χ3n) is 6.11. The van der Waals surface area contributed by atoms with Gasteiger partial charge in [0.1, 0.15) is 11.9 Å². The number of nitrogens with zero attached hydrogens (tertiary/aromatic N) is 3. The SMILES string of the molecule is O=C1CCCN1c1nccs1.O=CN(c1cccc(F)c1)C(C(=O)NC1CC(F)(F)C1)c1ccccc1Cl. The smallest absolute Gasteiger partial charge is 0.252 e. The van der Waals surface area contributed by atoms with Crippen LogP contribution in [0, 0.1) is 5.82 Å². The van der Waals surface area contributed by atoms with E-state index in [1.54, 1.807) is 35.4 Å². The number of anilines is 2. The van der Waals surface area contributed by atoms with Crippen LogP contribution in [0.3, 0.4) is 0 Å². The van der Waals surface area contributed by atoms with E-state index in [0.717, 1.165) is 29.1 Å². The molecule has 1 atom stereocenters. The van der Waals surface area contributed by atoms with Crippen molar-refractivity contribution in [3.05, 3.63) is 76.5 Å². The number of hydrogen-bond donors (Lipinski definition) is 1. The highest BCUT2D eigenvalue weighted by Gasteiger charge is 2.47. The number of thiazole rings is 1. The van der Waals surface area contributed by atoms with Crippen LogP contribution < -0.4 is 15.1 Å². The number of rotatable bonds is 7. The maximum Gasteiger partial charge on any atom is 0.252 e. The number of hydrogen-bond acceptors (Lipinski definition) is 5. The molecule has 0 spiro atoms. The molecule has 1 saturated heterocycles. The fourth-order valence-electron chi connectivity index (χ4n) is 4.26. The van der Waals surface area contributed by atoms with Crippen molar-refractivity contribution in [3.8, 4) is 0 Å². The van der Waals surface area contributed by atoms with Gasteiger partial charge in [-0.25, -0.2) is 18.2 Å². The van der Waals surface area contributed by atoms with E-state index < -0.39 is 42.6 Å². The average molecular weight is 565 g/mol. The fourth-order valence-corrected chi connectivity index (χ4v) is 5.19. The maximum atomic E-state index is 13.6. The second-order valence-corrected chi connectivity index (χ2v) is 10.1. The van der Waals surface area contributed by atoms with Crippen molar-refractivity contribution in [1.82, 2.24) is 10.3 Å². The van der Waals surface area contributed by atoms with E-state index >= 15 is 0 Å². The number of amides is 3. The maximum absolute atomic E-state index is 13.6. The van der Waals surface area contributed by atoms with E-state index in [1.165, 1.54) is 29.5 Å². The molecule has 1 aromatic heterocycles. The minimum Gasteiger partial charge on any atom is -0.351 e. The molecule has 0 radical (unpaired) electrons. The van der Waals surface area contributed by atoms with Crippen LogP contribution in [0.5, 0.6) is 0 Å². The highest BCUT2D eigenvalue weighted by Crippen LogP contribution is 2.38. The van der Waals surface area contributed by atoms with Crippen molar-refractivity contribution in [2.75, 3.05) is 16.3 Å². The summed E-state index contributed by atoms with van der Waals surface area (Å²) in [6.45, 7) is 0.840. The van der Waals surface area contributed by atoms with Gasteiger partial charge in [0.05, 0.1) is 0 Å². The molecule has 1 saturated carbocycles. The Kier molecular flexibility index (Phi) is 8.68. The zero-order chi connectivity index (χ0) is 27.3.